The Morgan fingerprint density at radius 2 is 2.28 bits per heavy atom. The maximum atomic E-state index is 11.8. The van der Waals surface area contributed by atoms with Crippen molar-refractivity contribution in [3.05, 3.63) is 10.8 Å². The van der Waals surface area contributed by atoms with Crippen LogP contribution in [0.4, 0.5) is 11.6 Å². The molecule has 1 aromatic heterocycles. The third-order valence-electron chi connectivity index (χ3n) is 2.71. The van der Waals surface area contributed by atoms with Crippen molar-refractivity contribution in [3.8, 4) is 0 Å². The summed E-state index contributed by atoms with van der Waals surface area (Å²) in [4.78, 5) is 32.7. The van der Waals surface area contributed by atoms with Crippen LogP contribution >= 0.6 is 15.9 Å². The summed E-state index contributed by atoms with van der Waals surface area (Å²) in [5.74, 6) is 0.0532. The van der Waals surface area contributed by atoms with Crippen molar-refractivity contribution in [2.75, 3.05) is 17.2 Å². The first-order chi connectivity index (χ1) is 8.54. The lowest BCUT2D eigenvalue weighted by Gasteiger charge is -2.34. The molecule has 0 aromatic carbocycles. The van der Waals surface area contributed by atoms with E-state index in [1.54, 1.807) is 4.90 Å². The second kappa shape index (κ2) is 4.89. The Bertz CT molecular complexity index is 507. The highest BCUT2D eigenvalue weighted by molar-refractivity contribution is 9.10. The SMILES string of the molecule is CCC1C(=O)NC(=O)CN1c1ncnc(N)c1Br. The summed E-state index contributed by atoms with van der Waals surface area (Å²) < 4.78 is 0.492. The summed E-state index contributed by atoms with van der Waals surface area (Å²) in [6, 6.07) is -0.437. The number of nitrogens with zero attached hydrogens (tertiary/aromatic N) is 3. The Hall–Kier alpha value is -1.70. The number of nitrogens with two attached hydrogens (primary N) is 1. The Balaban J connectivity index is 2.43. The monoisotopic (exact) mass is 313 g/mol. The molecular formula is C10H12BrN5O2. The number of nitrogens with one attached hydrogen (secondary N) is 1. The van der Waals surface area contributed by atoms with Crippen LogP contribution in [0.25, 0.3) is 0 Å². The predicted octanol–water partition coefficient (Wildman–Crippen LogP) is 0.0627. The third kappa shape index (κ3) is 2.15. The van der Waals surface area contributed by atoms with Gasteiger partial charge in [-0.05, 0) is 22.4 Å². The van der Waals surface area contributed by atoms with E-state index in [9.17, 15) is 9.59 Å². The number of aromatic nitrogens is 2. The van der Waals surface area contributed by atoms with Crippen molar-refractivity contribution >= 4 is 39.4 Å². The van der Waals surface area contributed by atoms with Crippen LogP contribution in [-0.2, 0) is 9.59 Å². The lowest BCUT2D eigenvalue weighted by Crippen LogP contribution is -2.58. The highest BCUT2D eigenvalue weighted by atomic mass is 79.9. The van der Waals surface area contributed by atoms with Gasteiger partial charge in [-0.2, -0.15) is 0 Å². The quantitative estimate of drug-likeness (QED) is 0.749. The van der Waals surface area contributed by atoms with Gasteiger partial charge in [-0.25, -0.2) is 9.97 Å². The molecule has 7 nitrogen and oxygen atoms in total. The number of nitrogen functional groups attached to an aromatic ring is 1. The van der Waals surface area contributed by atoms with Crippen LogP contribution in [-0.4, -0.2) is 34.4 Å². The van der Waals surface area contributed by atoms with Gasteiger partial charge < -0.3 is 10.6 Å². The highest BCUT2D eigenvalue weighted by Gasteiger charge is 2.34. The van der Waals surface area contributed by atoms with Crippen LogP contribution < -0.4 is 16.0 Å². The average Bonchev–Trinajstić information content (AvgIpc) is 2.32. The first-order valence-electron chi connectivity index (χ1n) is 5.41. The van der Waals surface area contributed by atoms with E-state index < -0.39 is 6.04 Å². The second-order valence-electron chi connectivity index (χ2n) is 3.86. The number of piperazine rings is 1. The van der Waals surface area contributed by atoms with Gasteiger partial charge in [-0.3, -0.25) is 14.9 Å². The Labute approximate surface area is 112 Å². The molecule has 2 amide bonds. The van der Waals surface area contributed by atoms with Crippen molar-refractivity contribution in [2.45, 2.75) is 19.4 Å². The molecule has 3 N–H and O–H groups in total. The number of hydrogen-bond donors (Lipinski definition) is 2. The minimum Gasteiger partial charge on any atom is -0.383 e. The standard InChI is InChI=1S/C10H12BrN5O2/c1-2-5-10(18)15-6(17)3-16(5)9-7(11)8(12)13-4-14-9/h4-5H,2-3H2,1H3,(H2,12,13,14)(H,15,17,18). The van der Waals surface area contributed by atoms with Crippen LogP contribution in [0.2, 0.25) is 0 Å². The largest absolute Gasteiger partial charge is 0.383 e. The molecule has 1 saturated heterocycles. The second-order valence-corrected chi connectivity index (χ2v) is 4.65. The molecule has 1 aromatic rings. The van der Waals surface area contributed by atoms with Gasteiger partial charge >= 0.3 is 0 Å². The van der Waals surface area contributed by atoms with Gasteiger partial charge in [0, 0.05) is 0 Å². The molecular weight excluding hydrogens is 302 g/mol. The first kappa shape index (κ1) is 12.7. The third-order valence-corrected chi connectivity index (χ3v) is 3.47. The molecule has 1 unspecified atom stereocenters. The molecule has 1 aliphatic rings. The lowest BCUT2D eigenvalue weighted by atomic mass is 10.1. The van der Waals surface area contributed by atoms with Crippen molar-refractivity contribution in [2.24, 2.45) is 0 Å². The van der Waals surface area contributed by atoms with Gasteiger partial charge in [0.1, 0.15) is 28.5 Å². The summed E-state index contributed by atoms with van der Waals surface area (Å²) in [6.07, 6.45) is 1.87. The molecule has 2 rings (SSSR count). The Kier molecular flexibility index (Phi) is 3.46. The molecule has 1 aliphatic heterocycles. The molecule has 2 heterocycles. The van der Waals surface area contributed by atoms with Gasteiger partial charge in [0.2, 0.25) is 11.8 Å². The van der Waals surface area contributed by atoms with Gasteiger partial charge in [0.25, 0.3) is 0 Å². The molecule has 0 saturated carbocycles. The van der Waals surface area contributed by atoms with Crippen molar-refractivity contribution < 1.29 is 9.59 Å². The number of hydrogen-bond acceptors (Lipinski definition) is 6. The molecule has 96 valence electrons. The highest BCUT2D eigenvalue weighted by Crippen LogP contribution is 2.30. The number of carbonyl (C=O) groups is 2. The zero-order valence-corrected chi connectivity index (χ0v) is 11.3. The Morgan fingerprint density at radius 1 is 1.56 bits per heavy atom. The van der Waals surface area contributed by atoms with E-state index in [4.69, 9.17) is 5.73 Å². The number of carbonyl (C=O) groups excluding carboxylic acids is 2. The maximum Gasteiger partial charge on any atom is 0.249 e. The van der Waals surface area contributed by atoms with Gasteiger partial charge in [-0.15, -0.1) is 0 Å². The fourth-order valence-corrected chi connectivity index (χ4v) is 2.30. The van der Waals surface area contributed by atoms with Crippen LogP contribution in [0.15, 0.2) is 10.8 Å². The fraction of sp³-hybridized carbons (Fsp3) is 0.400. The summed E-state index contributed by atoms with van der Waals surface area (Å²) in [5.41, 5.74) is 5.67. The van der Waals surface area contributed by atoms with E-state index in [2.05, 4.69) is 31.2 Å². The van der Waals surface area contributed by atoms with Crippen molar-refractivity contribution in [3.63, 3.8) is 0 Å². The van der Waals surface area contributed by atoms with Gasteiger partial charge in [0.15, 0.2) is 0 Å². The topological polar surface area (TPSA) is 101 Å². The van der Waals surface area contributed by atoms with E-state index in [0.717, 1.165) is 0 Å². The van der Waals surface area contributed by atoms with E-state index >= 15 is 0 Å². The molecule has 1 fully saturated rings. The van der Waals surface area contributed by atoms with E-state index in [1.807, 2.05) is 6.92 Å². The Morgan fingerprint density at radius 3 is 2.94 bits per heavy atom. The van der Waals surface area contributed by atoms with Gasteiger partial charge in [-0.1, -0.05) is 6.92 Å². The van der Waals surface area contributed by atoms with Crippen LogP contribution in [0.1, 0.15) is 13.3 Å². The summed E-state index contributed by atoms with van der Waals surface area (Å²) in [6.45, 7) is 1.94. The van der Waals surface area contributed by atoms with Crippen molar-refractivity contribution in [1.29, 1.82) is 0 Å². The van der Waals surface area contributed by atoms with Crippen molar-refractivity contribution in [1.82, 2.24) is 15.3 Å². The molecule has 0 bridgehead atoms. The summed E-state index contributed by atoms with van der Waals surface area (Å²) in [5, 5.41) is 2.30. The zero-order chi connectivity index (χ0) is 13.3. The van der Waals surface area contributed by atoms with Crippen LogP contribution in [0.3, 0.4) is 0 Å². The maximum absolute atomic E-state index is 11.8. The molecule has 8 heteroatoms. The number of anilines is 2. The normalized spacial score (nSPS) is 19.9. The minimum absolute atomic E-state index is 0.0687. The summed E-state index contributed by atoms with van der Waals surface area (Å²) in [7, 11) is 0. The fourth-order valence-electron chi connectivity index (χ4n) is 1.87. The molecule has 1 atom stereocenters. The van der Waals surface area contributed by atoms with E-state index in [-0.39, 0.29) is 24.2 Å². The lowest BCUT2D eigenvalue weighted by molar-refractivity contribution is -0.132. The number of imide groups is 1. The molecule has 18 heavy (non-hydrogen) atoms. The van der Waals surface area contributed by atoms with Crippen LogP contribution in [0.5, 0.6) is 0 Å². The zero-order valence-electron chi connectivity index (χ0n) is 9.68. The average molecular weight is 314 g/mol. The number of rotatable bonds is 2. The van der Waals surface area contributed by atoms with Gasteiger partial charge in [0.05, 0.1) is 6.54 Å². The molecule has 0 aliphatic carbocycles. The van der Waals surface area contributed by atoms with E-state index in [1.165, 1.54) is 6.33 Å². The molecule has 0 radical (unpaired) electrons. The van der Waals surface area contributed by atoms with E-state index in [0.29, 0.717) is 16.7 Å². The number of amides is 2. The predicted molar refractivity (Wildman–Crippen MR) is 68.7 cm³/mol. The first-order valence-corrected chi connectivity index (χ1v) is 6.20. The minimum atomic E-state index is -0.437. The van der Waals surface area contributed by atoms with Crippen LogP contribution in [0, 0.1) is 0 Å². The summed E-state index contributed by atoms with van der Waals surface area (Å²) >= 11 is 3.28. The molecule has 0 spiro atoms. The smallest absolute Gasteiger partial charge is 0.249 e. The number of halogens is 1.